The number of ether oxygens (including phenoxy) is 1. The third kappa shape index (κ3) is 6.56. The van der Waals surface area contributed by atoms with Crippen LogP contribution in [-0.4, -0.2) is 31.1 Å². The molecule has 0 aliphatic carbocycles. The van der Waals surface area contributed by atoms with Gasteiger partial charge in [-0.3, -0.25) is 4.79 Å². The van der Waals surface area contributed by atoms with Crippen LogP contribution in [0, 0.1) is 6.92 Å². The smallest absolute Gasteiger partial charge is 0.387 e. The Morgan fingerprint density at radius 3 is 2.60 bits per heavy atom. The fourth-order valence-corrected chi connectivity index (χ4v) is 2.97. The van der Waals surface area contributed by atoms with Gasteiger partial charge in [0.2, 0.25) is 5.91 Å². The van der Waals surface area contributed by atoms with Gasteiger partial charge in [-0.25, -0.2) is 4.98 Å². The standard InChI is InChI=1S/C16H19F2N3O2S.ClH/c1-10-14(11-5-7-12(8-6-11)23-15(17)18)21-16(24-10)20-13(22)4-3-9-19-2;/h5-8,15,19H,3-4,9H2,1-2H3,(H,20,21,22);1H. The number of thiazole rings is 1. The van der Waals surface area contributed by atoms with E-state index < -0.39 is 6.61 Å². The van der Waals surface area contributed by atoms with Crippen LogP contribution in [0.15, 0.2) is 24.3 Å². The van der Waals surface area contributed by atoms with Crippen molar-refractivity contribution in [1.82, 2.24) is 10.3 Å². The van der Waals surface area contributed by atoms with E-state index in [0.29, 0.717) is 17.2 Å². The first-order valence-electron chi connectivity index (χ1n) is 7.46. The van der Waals surface area contributed by atoms with Gasteiger partial charge in [0, 0.05) is 16.9 Å². The summed E-state index contributed by atoms with van der Waals surface area (Å²) >= 11 is 1.38. The van der Waals surface area contributed by atoms with Crippen LogP contribution in [0.4, 0.5) is 13.9 Å². The van der Waals surface area contributed by atoms with E-state index in [-0.39, 0.29) is 24.1 Å². The number of aromatic nitrogens is 1. The molecule has 138 valence electrons. The molecule has 0 radical (unpaired) electrons. The van der Waals surface area contributed by atoms with Crippen molar-refractivity contribution in [2.75, 3.05) is 18.9 Å². The number of hydrogen-bond donors (Lipinski definition) is 2. The summed E-state index contributed by atoms with van der Waals surface area (Å²) in [5.74, 6) is 0.0194. The normalized spacial score (nSPS) is 10.4. The van der Waals surface area contributed by atoms with Crippen LogP contribution >= 0.6 is 23.7 Å². The maximum Gasteiger partial charge on any atom is 0.387 e. The molecule has 0 saturated heterocycles. The summed E-state index contributed by atoms with van der Waals surface area (Å²) in [6.07, 6.45) is 1.18. The van der Waals surface area contributed by atoms with Gasteiger partial charge < -0.3 is 15.4 Å². The van der Waals surface area contributed by atoms with Crippen LogP contribution in [0.5, 0.6) is 5.75 Å². The van der Waals surface area contributed by atoms with E-state index in [0.717, 1.165) is 23.4 Å². The molecule has 2 aromatic rings. The second-order valence-electron chi connectivity index (χ2n) is 5.08. The Morgan fingerprint density at radius 1 is 1.32 bits per heavy atom. The first-order chi connectivity index (χ1) is 11.5. The summed E-state index contributed by atoms with van der Waals surface area (Å²) in [5.41, 5.74) is 1.50. The monoisotopic (exact) mass is 391 g/mol. The van der Waals surface area contributed by atoms with Crippen molar-refractivity contribution in [3.05, 3.63) is 29.1 Å². The Morgan fingerprint density at radius 2 is 2.00 bits per heavy atom. The molecule has 1 amide bonds. The number of amides is 1. The highest BCUT2D eigenvalue weighted by Gasteiger charge is 2.12. The third-order valence-corrected chi connectivity index (χ3v) is 4.11. The molecule has 0 fully saturated rings. The van der Waals surface area contributed by atoms with Gasteiger partial charge in [-0.1, -0.05) is 0 Å². The van der Waals surface area contributed by atoms with Crippen LogP contribution < -0.4 is 15.4 Å². The maximum absolute atomic E-state index is 12.2. The summed E-state index contributed by atoms with van der Waals surface area (Å²) in [6.45, 7) is -0.169. The number of aryl methyl sites for hydroxylation is 1. The van der Waals surface area contributed by atoms with E-state index in [2.05, 4.69) is 20.4 Å². The van der Waals surface area contributed by atoms with Crippen molar-refractivity contribution < 1.29 is 18.3 Å². The van der Waals surface area contributed by atoms with Gasteiger partial charge in [-0.05, 0) is 51.2 Å². The van der Waals surface area contributed by atoms with Crippen molar-refractivity contribution in [3.8, 4) is 17.0 Å². The molecule has 1 aromatic carbocycles. The fourth-order valence-electron chi connectivity index (χ4n) is 2.12. The number of anilines is 1. The quantitative estimate of drug-likeness (QED) is 0.665. The third-order valence-electron chi connectivity index (χ3n) is 3.23. The zero-order chi connectivity index (χ0) is 17.5. The number of benzene rings is 1. The van der Waals surface area contributed by atoms with Gasteiger partial charge in [0.05, 0.1) is 5.69 Å². The molecule has 2 N–H and O–H groups in total. The number of rotatable bonds is 8. The molecule has 0 bridgehead atoms. The summed E-state index contributed by atoms with van der Waals surface area (Å²) in [6, 6.07) is 6.27. The predicted molar refractivity (Wildman–Crippen MR) is 98.0 cm³/mol. The van der Waals surface area contributed by atoms with E-state index in [4.69, 9.17) is 0 Å². The van der Waals surface area contributed by atoms with Crippen LogP contribution in [0.3, 0.4) is 0 Å². The molecule has 25 heavy (non-hydrogen) atoms. The Bertz CT molecular complexity index is 681. The Hall–Kier alpha value is -1.77. The SMILES string of the molecule is CNCCCC(=O)Nc1nc(-c2ccc(OC(F)F)cc2)c(C)s1.Cl. The average Bonchev–Trinajstić information content (AvgIpc) is 2.88. The molecule has 0 atom stereocenters. The number of carbonyl (C=O) groups excluding carboxylic acids is 1. The maximum atomic E-state index is 12.2. The topological polar surface area (TPSA) is 63.2 Å². The molecule has 0 unspecified atom stereocenters. The Labute approximate surface area is 155 Å². The lowest BCUT2D eigenvalue weighted by Gasteiger charge is -2.05. The number of nitrogens with zero attached hydrogens (tertiary/aromatic N) is 1. The van der Waals surface area contributed by atoms with E-state index >= 15 is 0 Å². The van der Waals surface area contributed by atoms with Gasteiger partial charge >= 0.3 is 6.61 Å². The predicted octanol–water partition coefficient (Wildman–Crippen LogP) is 4.08. The van der Waals surface area contributed by atoms with Crippen molar-refractivity contribution in [2.45, 2.75) is 26.4 Å². The molecule has 5 nitrogen and oxygen atoms in total. The largest absolute Gasteiger partial charge is 0.435 e. The lowest BCUT2D eigenvalue weighted by atomic mass is 10.1. The van der Waals surface area contributed by atoms with Crippen molar-refractivity contribution in [3.63, 3.8) is 0 Å². The molecule has 1 aromatic heterocycles. The number of halogens is 3. The molecule has 0 saturated carbocycles. The highest BCUT2D eigenvalue weighted by molar-refractivity contribution is 7.16. The Kier molecular flexibility index (Phi) is 8.74. The number of hydrogen-bond acceptors (Lipinski definition) is 5. The minimum absolute atomic E-state index is 0. The number of alkyl halides is 2. The van der Waals surface area contributed by atoms with Crippen molar-refractivity contribution in [1.29, 1.82) is 0 Å². The van der Waals surface area contributed by atoms with Gasteiger partial charge in [0.15, 0.2) is 5.13 Å². The highest BCUT2D eigenvalue weighted by atomic mass is 35.5. The minimum Gasteiger partial charge on any atom is -0.435 e. The van der Waals surface area contributed by atoms with E-state index in [1.807, 2.05) is 14.0 Å². The zero-order valence-electron chi connectivity index (χ0n) is 13.8. The van der Waals surface area contributed by atoms with Crippen LogP contribution in [0.1, 0.15) is 17.7 Å². The van der Waals surface area contributed by atoms with Crippen molar-refractivity contribution >= 4 is 34.8 Å². The summed E-state index contributed by atoms with van der Waals surface area (Å²) in [4.78, 5) is 17.2. The van der Waals surface area contributed by atoms with Crippen molar-refractivity contribution in [2.24, 2.45) is 0 Å². The lowest BCUT2D eigenvalue weighted by Crippen LogP contribution is -2.15. The van der Waals surface area contributed by atoms with Gasteiger partial charge in [-0.2, -0.15) is 8.78 Å². The van der Waals surface area contributed by atoms with Crippen LogP contribution in [0.25, 0.3) is 11.3 Å². The first-order valence-corrected chi connectivity index (χ1v) is 8.28. The molecule has 0 aliphatic heterocycles. The molecule has 2 rings (SSSR count). The summed E-state index contributed by atoms with van der Waals surface area (Å²) in [7, 11) is 1.84. The Balaban J connectivity index is 0.00000312. The second kappa shape index (κ2) is 10.3. The average molecular weight is 392 g/mol. The second-order valence-corrected chi connectivity index (χ2v) is 6.29. The molecule has 0 aliphatic rings. The van der Waals surface area contributed by atoms with Gasteiger partial charge in [0.25, 0.3) is 0 Å². The molecule has 9 heteroatoms. The number of nitrogens with one attached hydrogen (secondary N) is 2. The van der Waals surface area contributed by atoms with E-state index in [1.54, 1.807) is 12.1 Å². The zero-order valence-corrected chi connectivity index (χ0v) is 15.5. The molecule has 1 heterocycles. The highest BCUT2D eigenvalue weighted by Crippen LogP contribution is 2.31. The van der Waals surface area contributed by atoms with Crippen LogP contribution in [0.2, 0.25) is 0 Å². The molecular weight excluding hydrogens is 372 g/mol. The summed E-state index contributed by atoms with van der Waals surface area (Å²) in [5, 5.41) is 6.31. The summed E-state index contributed by atoms with van der Waals surface area (Å²) < 4.78 is 28.7. The van der Waals surface area contributed by atoms with Crippen LogP contribution in [-0.2, 0) is 4.79 Å². The molecular formula is C16H20ClF2N3O2S. The minimum atomic E-state index is -2.85. The first kappa shape index (κ1) is 21.3. The van der Waals surface area contributed by atoms with E-state index in [9.17, 15) is 13.6 Å². The van der Waals surface area contributed by atoms with Gasteiger partial charge in [-0.15, -0.1) is 23.7 Å². The fraction of sp³-hybridized carbons (Fsp3) is 0.375. The molecule has 0 spiro atoms. The lowest BCUT2D eigenvalue weighted by molar-refractivity contribution is -0.116. The van der Waals surface area contributed by atoms with E-state index in [1.165, 1.54) is 23.5 Å². The number of carbonyl (C=O) groups is 1. The van der Waals surface area contributed by atoms with Gasteiger partial charge in [0.1, 0.15) is 5.75 Å².